The van der Waals surface area contributed by atoms with E-state index in [1.54, 1.807) is 24.6 Å². The Morgan fingerprint density at radius 1 is 1.38 bits per heavy atom. The summed E-state index contributed by atoms with van der Waals surface area (Å²) >= 11 is 0. The minimum absolute atomic E-state index is 0.0557. The quantitative estimate of drug-likeness (QED) is 0.867. The van der Waals surface area contributed by atoms with Gasteiger partial charge in [0, 0.05) is 18.5 Å². The molecule has 0 radical (unpaired) electrons. The van der Waals surface area contributed by atoms with E-state index in [0.29, 0.717) is 17.0 Å². The maximum absolute atomic E-state index is 13.0. The number of hydrogen-bond acceptors (Lipinski definition) is 6. The molecular formula is C17H22N4O3. The van der Waals surface area contributed by atoms with Crippen LogP contribution in [0.25, 0.3) is 11.0 Å². The molecule has 7 heteroatoms. The fourth-order valence-corrected chi connectivity index (χ4v) is 3.32. The van der Waals surface area contributed by atoms with E-state index >= 15 is 0 Å². The molecule has 128 valence electrons. The summed E-state index contributed by atoms with van der Waals surface area (Å²) in [7, 11) is 1.74. The molecule has 1 saturated carbocycles. The largest absolute Gasteiger partial charge is 0.462 e. The number of carbonyl (C=O) groups is 1. The molecule has 2 heterocycles. The summed E-state index contributed by atoms with van der Waals surface area (Å²) in [6.45, 7) is 3.80. The van der Waals surface area contributed by atoms with E-state index in [4.69, 9.17) is 4.74 Å². The number of rotatable bonds is 4. The number of ether oxygens (including phenoxy) is 1. The summed E-state index contributed by atoms with van der Waals surface area (Å²) in [5, 5.41) is 3.64. The number of aromatic nitrogens is 3. The van der Waals surface area contributed by atoms with Gasteiger partial charge in [-0.2, -0.15) is 4.98 Å². The first kappa shape index (κ1) is 16.4. The van der Waals surface area contributed by atoms with Gasteiger partial charge in [-0.1, -0.05) is 12.8 Å². The van der Waals surface area contributed by atoms with Crippen LogP contribution in [0.1, 0.15) is 54.7 Å². The molecular weight excluding hydrogens is 308 g/mol. The molecule has 1 aliphatic carbocycles. The highest BCUT2D eigenvalue weighted by molar-refractivity contribution is 5.93. The molecule has 0 aromatic carbocycles. The molecule has 0 atom stereocenters. The maximum atomic E-state index is 13.0. The third-order valence-corrected chi connectivity index (χ3v) is 4.49. The van der Waals surface area contributed by atoms with Gasteiger partial charge in [-0.25, -0.2) is 9.78 Å². The van der Waals surface area contributed by atoms with Crippen LogP contribution in [0.2, 0.25) is 0 Å². The number of anilines is 1. The molecule has 7 nitrogen and oxygen atoms in total. The fraction of sp³-hybridized carbons (Fsp3) is 0.529. The molecule has 0 unspecified atom stereocenters. The Bertz CT molecular complexity index is 838. The number of nitrogens with zero attached hydrogens (tertiary/aromatic N) is 3. The minimum atomic E-state index is -0.590. The van der Waals surface area contributed by atoms with Crippen molar-refractivity contribution in [2.24, 2.45) is 0 Å². The zero-order valence-electron chi connectivity index (χ0n) is 14.3. The fourth-order valence-electron chi connectivity index (χ4n) is 3.32. The van der Waals surface area contributed by atoms with Gasteiger partial charge in [0.05, 0.1) is 12.3 Å². The number of pyridine rings is 1. The van der Waals surface area contributed by atoms with Crippen LogP contribution in [-0.2, 0) is 4.74 Å². The van der Waals surface area contributed by atoms with Crippen molar-refractivity contribution < 1.29 is 9.53 Å². The summed E-state index contributed by atoms with van der Waals surface area (Å²) in [6.07, 6.45) is 3.98. The van der Waals surface area contributed by atoms with E-state index in [0.717, 1.165) is 31.4 Å². The molecule has 0 saturated heterocycles. The number of carbonyl (C=O) groups excluding carboxylic acids is 1. The van der Waals surface area contributed by atoms with Crippen LogP contribution >= 0.6 is 0 Å². The van der Waals surface area contributed by atoms with Gasteiger partial charge in [0.15, 0.2) is 0 Å². The van der Waals surface area contributed by atoms with Crippen LogP contribution in [-0.4, -0.2) is 34.2 Å². The number of nitrogens with one attached hydrogen (secondary N) is 1. The lowest BCUT2D eigenvalue weighted by Crippen LogP contribution is -2.30. The second-order valence-corrected chi connectivity index (χ2v) is 6.01. The Morgan fingerprint density at radius 2 is 2.08 bits per heavy atom. The number of fused-ring (bicyclic) bond motifs is 1. The highest BCUT2D eigenvalue weighted by atomic mass is 16.5. The van der Waals surface area contributed by atoms with E-state index in [2.05, 4.69) is 15.3 Å². The molecule has 1 aliphatic rings. The number of esters is 1. The molecule has 2 aromatic rings. The average Bonchev–Trinajstić information content (AvgIpc) is 3.08. The summed E-state index contributed by atoms with van der Waals surface area (Å²) in [6, 6.07) is 1.63. The third-order valence-electron chi connectivity index (χ3n) is 4.49. The predicted octanol–water partition coefficient (Wildman–Crippen LogP) is 2.43. The Labute approximate surface area is 140 Å². The normalized spacial score (nSPS) is 15.0. The highest BCUT2D eigenvalue weighted by Crippen LogP contribution is 2.31. The third kappa shape index (κ3) is 2.74. The van der Waals surface area contributed by atoms with E-state index in [9.17, 15) is 9.59 Å². The van der Waals surface area contributed by atoms with Crippen molar-refractivity contribution in [1.29, 1.82) is 0 Å². The number of hydrogen-bond donors (Lipinski definition) is 1. The Kier molecular flexibility index (Phi) is 4.51. The summed E-state index contributed by atoms with van der Waals surface area (Å²) in [5.41, 5.74) is 1.03. The van der Waals surface area contributed by atoms with Crippen molar-refractivity contribution in [3.8, 4) is 0 Å². The first-order valence-corrected chi connectivity index (χ1v) is 8.35. The van der Waals surface area contributed by atoms with E-state index in [1.165, 1.54) is 0 Å². The van der Waals surface area contributed by atoms with E-state index in [1.807, 2.05) is 6.92 Å². The van der Waals surface area contributed by atoms with E-state index in [-0.39, 0.29) is 23.8 Å². The Balaban J connectivity index is 2.33. The highest BCUT2D eigenvalue weighted by Gasteiger charge is 2.25. The van der Waals surface area contributed by atoms with Gasteiger partial charge in [-0.05, 0) is 32.8 Å². The lowest BCUT2D eigenvalue weighted by molar-refractivity contribution is 0.0523. The SMILES string of the molecule is CCOC(=O)c1cc2c(C)nc(NC)nc2n(C2CCCC2)c1=O. The van der Waals surface area contributed by atoms with Crippen LogP contribution in [0.3, 0.4) is 0 Å². The minimum Gasteiger partial charge on any atom is -0.462 e. The van der Waals surface area contributed by atoms with Crippen molar-refractivity contribution in [3.05, 3.63) is 27.7 Å². The zero-order chi connectivity index (χ0) is 17.3. The van der Waals surface area contributed by atoms with Crippen molar-refractivity contribution >= 4 is 23.0 Å². The van der Waals surface area contributed by atoms with Gasteiger partial charge in [0.25, 0.3) is 5.56 Å². The van der Waals surface area contributed by atoms with Crippen molar-refractivity contribution in [2.75, 3.05) is 19.0 Å². The van der Waals surface area contributed by atoms with E-state index < -0.39 is 5.97 Å². The van der Waals surface area contributed by atoms with Crippen LogP contribution in [0.5, 0.6) is 0 Å². The lowest BCUT2D eigenvalue weighted by atomic mass is 10.1. The van der Waals surface area contributed by atoms with Crippen molar-refractivity contribution in [3.63, 3.8) is 0 Å². The standard InChI is InChI=1S/C17H22N4O3/c1-4-24-16(23)13-9-12-10(2)19-17(18-3)20-14(12)21(15(13)22)11-7-5-6-8-11/h9,11H,4-8H2,1-3H3,(H,18,19,20). The Hall–Kier alpha value is -2.44. The molecule has 2 aromatic heterocycles. The second kappa shape index (κ2) is 6.59. The monoisotopic (exact) mass is 330 g/mol. The van der Waals surface area contributed by atoms with Gasteiger partial charge < -0.3 is 10.1 Å². The van der Waals surface area contributed by atoms with Gasteiger partial charge in [0.2, 0.25) is 5.95 Å². The summed E-state index contributed by atoms with van der Waals surface area (Å²) in [4.78, 5) is 34.1. The lowest BCUT2D eigenvalue weighted by Gasteiger charge is -2.18. The van der Waals surface area contributed by atoms with Crippen LogP contribution < -0.4 is 10.9 Å². The van der Waals surface area contributed by atoms with Crippen LogP contribution in [0.15, 0.2) is 10.9 Å². The van der Waals surface area contributed by atoms with Crippen molar-refractivity contribution in [1.82, 2.24) is 14.5 Å². The first-order valence-electron chi connectivity index (χ1n) is 8.35. The molecule has 24 heavy (non-hydrogen) atoms. The molecule has 0 bridgehead atoms. The molecule has 0 spiro atoms. The van der Waals surface area contributed by atoms with Gasteiger partial charge >= 0.3 is 5.97 Å². The topological polar surface area (TPSA) is 86.1 Å². The molecule has 1 N–H and O–H groups in total. The van der Waals surface area contributed by atoms with Crippen molar-refractivity contribution in [2.45, 2.75) is 45.6 Å². The van der Waals surface area contributed by atoms with Gasteiger partial charge in [-0.3, -0.25) is 9.36 Å². The first-order chi connectivity index (χ1) is 11.6. The predicted molar refractivity (Wildman–Crippen MR) is 91.5 cm³/mol. The van der Waals surface area contributed by atoms with Crippen LogP contribution in [0, 0.1) is 6.92 Å². The summed E-state index contributed by atoms with van der Waals surface area (Å²) in [5.74, 6) is -0.122. The molecule has 0 aliphatic heterocycles. The summed E-state index contributed by atoms with van der Waals surface area (Å²) < 4.78 is 6.73. The zero-order valence-corrected chi connectivity index (χ0v) is 14.3. The van der Waals surface area contributed by atoms with Gasteiger partial charge in [0.1, 0.15) is 11.2 Å². The molecule has 1 fully saturated rings. The average molecular weight is 330 g/mol. The van der Waals surface area contributed by atoms with Gasteiger partial charge in [-0.15, -0.1) is 0 Å². The molecule has 3 rings (SSSR count). The number of aryl methyl sites for hydroxylation is 1. The van der Waals surface area contributed by atoms with Crippen LogP contribution in [0.4, 0.5) is 5.95 Å². The smallest absolute Gasteiger partial charge is 0.343 e. The second-order valence-electron chi connectivity index (χ2n) is 6.01. The maximum Gasteiger partial charge on any atom is 0.343 e. The molecule has 0 amide bonds. The Morgan fingerprint density at radius 3 is 2.71 bits per heavy atom.